The van der Waals surface area contributed by atoms with Gasteiger partial charge in [0.25, 0.3) is 6.43 Å². The first-order chi connectivity index (χ1) is 17.3. The number of hydrogen-bond donors (Lipinski definition) is 3. The van der Waals surface area contributed by atoms with E-state index in [0.717, 1.165) is 4.57 Å². The van der Waals surface area contributed by atoms with Gasteiger partial charge in [0.2, 0.25) is 0 Å². The number of hydrogen-bond acceptors (Lipinski definition) is 10. The highest BCUT2D eigenvalue weighted by Crippen LogP contribution is 2.49. The number of rotatable bonds is 11. The van der Waals surface area contributed by atoms with Crippen LogP contribution < -0.4 is 21.0 Å². The maximum atomic E-state index is 14.4. The molecule has 1 saturated heterocycles. The summed E-state index contributed by atoms with van der Waals surface area (Å²) >= 11 is 5.56. The molecule has 15 heteroatoms. The van der Waals surface area contributed by atoms with Gasteiger partial charge in [0.05, 0.1) is 12.7 Å². The van der Waals surface area contributed by atoms with Crippen LogP contribution in [0.2, 0.25) is 0 Å². The number of ether oxygens (including phenoxy) is 2. The summed E-state index contributed by atoms with van der Waals surface area (Å²) in [6.07, 6.45) is -5.91. The number of carbonyl (C=O) groups is 1. The van der Waals surface area contributed by atoms with Gasteiger partial charge in [-0.3, -0.25) is 9.36 Å². The number of carbonyl (C=O) groups excluding carboxylic acids is 1. The number of nitrogens with one attached hydrogen (secondary N) is 1. The standard InChI is InChI=1S/C22H29F2N4O7PS/c1-13(2)33-19(30)14(3)27-36(37,35-15-7-5-4-6-8-15)32-12-22(20(23)24)11-16(29)18(34-22)28-10-9-17(25)26-21(28)31/h4-10,13-14,16,18,20,29H,11-12H2,1-3H3,(H,27,37)(H2,25,26,31)/t14-,16+,18+,22-,36?/m0/s1. The lowest BCUT2D eigenvalue weighted by Crippen LogP contribution is -2.44. The van der Waals surface area contributed by atoms with Gasteiger partial charge in [0.15, 0.2) is 11.8 Å². The normalized spacial score (nSPS) is 24.1. The van der Waals surface area contributed by atoms with Gasteiger partial charge in [-0.15, -0.1) is 0 Å². The average Bonchev–Trinajstić information content (AvgIpc) is 3.15. The van der Waals surface area contributed by atoms with Crippen LogP contribution in [-0.2, 0) is 30.6 Å². The van der Waals surface area contributed by atoms with Crippen molar-refractivity contribution in [2.24, 2.45) is 0 Å². The van der Waals surface area contributed by atoms with Crippen LogP contribution in [0.15, 0.2) is 47.4 Å². The zero-order valence-electron chi connectivity index (χ0n) is 20.3. The summed E-state index contributed by atoms with van der Waals surface area (Å²) in [5.41, 5.74) is 2.25. The lowest BCUT2D eigenvalue weighted by molar-refractivity contribution is -0.169. The molecule has 2 heterocycles. The second-order valence-electron chi connectivity index (χ2n) is 8.70. The molecular weight excluding hydrogens is 533 g/mol. The van der Waals surface area contributed by atoms with Gasteiger partial charge < -0.3 is 29.4 Å². The Hall–Kier alpha value is -2.48. The molecule has 4 N–H and O–H groups in total. The minimum absolute atomic E-state index is 0.0767. The number of esters is 1. The highest BCUT2D eigenvalue weighted by Gasteiger charge is 2.54. The van der Waals surface area contributed by atoms with Crippen LogP contribution in [0.25, 0.3) is 0 Å². The molecular formula is C22H29F2N4O7PS. The number of aromatic nitrogens is 2. The molecule has 0 spiro atoms. The number of aliphatic hydroxyl groups is 1. The third kappa shape index (κ3) is 7.30. The molecule has 2 aromatic rings. The summed E-state index contributed by atoms with van der Waals surface area (Å²) in [6, 6.07) is 8.52. The fourth-order valence-electron chi connectivity index (χ4n) is 3.51. The van der Waals surface area contributed by atoms with Gasteiger partial charge in [0, 0.05) is 12.6 Å². The predicted octanol–water partition coefficient (Wildman–Crippen LogP) is 2.36. The zero-order valence-corrected chi connectivity index (χ0v) is 22.0. The van der Waals surface area contributed by atoms with E-state index in [0.29, 0.717) is 0 Å². The van der Waals surface area contributed by atoms with Crippen molar-refractivity contribution in [3.05, 3.63) is 53.1 Å². The van der Waals surface area contributed by atoms with E-state index in [-0.39, 0.29) is 11.6 Å². The van der Waals surface area contributed by atoms with E-state index in [1.54, 1.807) is 44.2 Å². The molecule has 1 fully saturated rings. The van der Waals surface area contributed by atoms with Crippen LogP contribution in [0.5, 0.6) is 5.75 Å². The molecule has 37 heavy (non-hydrogen) atoms. The lowest BCUT2D eigenvalue weighted by Gasteiger charge is -2.32. The highest BCUT2D eigenvalue weighted by molar-refractivity contribution is 8.09. The van der Waals surface area contributed by atoms with E-state index in [1.165, 1.54) is 19.2 Å². The molecule has 11 nitrogen and oxygen atoms in total. The minimum atomic E-state index is -3.67. The summed E-state index contributed by atoms with van der Waals surface area (Å²) in [6.45, 7) is 0.327. The Labute approximate surface area is 217 Å². The number of nitrogen functional groups attached to an aromatic ring is 1. The van der Waals surface area contributed by atoms with Gasteiger partial charge in [-0.1, -0.05) is 18.2 Å². The van der Waals surface area contributed by atoms with Gasteiger partial charge in [-0.25, -0.2) is 18.7 Å². The number of nitrogens with two attached hydrogens (primary N) is 1. The fourth-order valence-corrected chi connectivity index (χ4v) is 5.95. The largest absolute Gasteiger partial charge is 0.462 e. The number of benzene rings is 1. The third-order valence-corrected chi connectivity index (χ3v) is 7.75. The lowest BCUT2D eigenvalue weighted by atomic mass is 10.0. The number of anilines is 1. The number of nitrogens with zero attached hydrogens (tertiary/aromatic N) is 2. The van der Waals surface area contributed by atoms with Gasteiger partial charge in [0.1, 0.15) is 23.7 Å². The van der Waals surface area contributed by atoms with Crippen molar-refractivity contribution >= 4 is 30.2 Å². The van der Waals surface area contributed by atoms with Crippen molar-refractivity contribution in [1.82, 2.24) is 14.6 Å². The van der Waals surface area contributed by atoms with Gasteiger partial charge in [-0.05, 0) is 50.8 Å². The summed E-state index contributed by atoms with van der Waals surface area (Å²) in [5.74, 6) is -0.443. The minimum Gasteiger partial charge on any atom is -0.462 e. The predicted molar refractivity (Wildman–Crippen MR) is 134 cm³/mol. The molecule has 1 aliphatic heterocycles. The topological polar surface area (TPSA) is 147 Å². The summed E-state index contributed by atoms with van der Waals surface area (Å²) in [5, 5.41) is 13.3. The second kappa shape index (κ2) is 11.9. The van der Waals surface area contributed by atoms with E-state index in [2.05, 4.69) is 10.1 Å². The Morgan fingerprint density at radius 2 is 2.03 bits per heavy atom. The molecule has 1 aromatic carbocycles. The molecule has 0 aliphatic carbocycles. The Morgan fingerprint density at radius 3 is 2.62 bits per heavy atom. The molecule has 0 bridgehead atoms. The number of para-hydroxylation sites is 1. The van der Waals surface area contributed by atoms with Crippen molar-refractivity contribution < 1.29 is 37.2 Å². The molecule has 0 radical (unpaired) electrons. The zero-order chi connectivity index (χ0) is 27.4. The first-order valence-electron chi connectivity index (χ1n) is 11.3. The van der Waals surface area contributed by atoms with Crippen molar-refractivity contribution in [3.63, 3.8) is 0 Å². The summed E-state index contributed by atoms with van der Waals surface area (Å²) < 4.78 is 51.9. The molecule has 1 unspecified atom stereocenters. The molecule has 0 saturated carbocycles. The van der Waals surface area contributed by atoms with E-state index < -0.39 is 67.8 Å². The number of halogens is 2. The van der Waals surface area contributed by atoms with Gasteiger partial charge in [-0.2, -0.15) is 4.98 Å². The molecule has 1 aliphatic rings. The van der Waals surface area contributed by atoms with E-state index in [4.69, 9.17) is 36.1 Å². The first-order valence-corrected chi connectivity index (χ1v) is 13.9. The van der Waals surface area contributed by atoms with E-state index in [9.17, 15) is 23.5 Å². The van der Waals surface area contributed by atoms with Crippen molar-refractivity contribution in [3.8, 4) is 5.75 Å². The smallest absolute Gasteiger partial charge is 0.351 e. The Kier molecular flexibility index (Phi) is 9.37. The second-order valence-corrected chi connectivity index (χ2v) is 11.8. The summed E-state index contributed by atoms with van der Waals surface area (Å²) in [4.78, 5) is 28.1. The van der Waals surface area contributed by atoms with E-state index in [1.807, 2.05) is 0 Å². The van der Waals surface area contributed by atoms with Crippen LogP contribution in [0, 0.1) is 0 Å². The maximum Gasteiger partial charge on any atom is 0.351 e. The highest BCUT2D eigenvalue weighted by atomic mass is 32.5. The molecule has 204 valence electrons. The van der Waals surface area contributed by atoms with Crippen LogP contribution >= 0.6 is 6.64 Å². The molecule has 5 atom stereocenters. The van der Waals surface area contributed by atoms with Crippen molar-refractivity contribution in [1.29, 1.82) is 0 Å². The first kappa shape index (κ1) is 29.1. The molecule has 1 aromatic heterocycles. The van der Waals surface area contributed by atoms with Gasteiger partial charge >= 0.3 is 18.3 Å². The fraction of sp³-hybridized carbons (Fsp3) is 0.500. The van der Waals surface area contributed by atoms with Crippen LogP contribution in [0.1, 0.15) is 33.4 Å². The number of aliphatic hydroxyl groups excluding tert-OH is 1. The summed E-state index contributed by atoms with van der Waals surface area (Å²) in [7, 11) is 0. The Morgan fingerprint density at radius 1 is 1.35 bits per heavy atom. The van der Waals surface area contributed by atoms with Crippen LogP contribution in [0.3, 0.4) is 0 Å². The quantitative estimate of drug-likeness (QED) is 0.274. The van der Waals surface area contributed by atoms with Crippen molar-refractivity contribution in [2.45, 2.75) is 63.7 Å². The average molecular weight is 563 g/mol. The molecule has 3 rings (SSSR count). The van der Waals surface area contributed by atoms with Crippen molar-refractivity contribution in [2.75, 3.05) is 12.3 Å². The Bertz CT molecular complexity index is 1190. The number of alkyl halides is 2. The molecule has 0 amide bonds. The van der Waals surface area contributed by atoms with Crippen LogP contribution in [-0.4, -0.2) is 57.5 Å². The maximum absolute atomic E-state index is 14.4. The monoisotopic (exact) mass is 562 g/mol. The van der Waals surface area contributed by atoms with Crippen LogP contribution in [0.4, 0.5) is 14.6 Å². The Balaban J connectivity index is 1.85. The van der Waals surface area contributed by atoms with E-state index >= 15 is 0 Å². The third-order valence-electron chi connectivity index (χ3n) is 5.27. The SMILES string of the molecule is CC(C)OC(=O)[C@H](C)NP(=S)(OC[C@]1(C(F)F)C[C@@H](O)[C@H](n2ccc(N)nc2=O)O1)Oc1ccccc1.